The van der Waals surface area contributed by atoms with Crippen LogP contribution in [-0.2, 0) is 17.8 Å². The topological polar surface area (TPSA) is 70.8 Å². The van der Waals surface area contributed by atoms with Crippen molar-refractivity contribution in [1.29, 1.82) is 0 Å². The summed E-state index contributed by atoms with van der Waals surface area (Å²) in [5, 5.41) is 15.0. The number of hydrogen-bond acceptors (Lipinski definition) is 5. The largest absolute Gasteiger partial charge is 0.491 e. The lowest BCUT2D eigenvalue weighted by Gasteiger charge is -2.35. The van der Waals surface area contributed by atoms with Crippen molar-refractivity contribution in [2.24, 2.45) is 11.8 Å². The fourth-order valence-corrected chi connectivity index (χ4v) is 7.98. The van der Waals surface area contributed by atoms with E-state index in [1.807, 2.05) is 39.1 Å². The number of rotatable bonds is 14. The highest BCUT2D eigenvalue weighted by Gasteiger charge is 2.41. The predicted molar refractivity (Wildman–Crippen MR) is 207 cm³/mol. The Bertz CT molecular complexity index is 1460. The molecule has 2 aliphatic rings. The van der Waals surface area contributed by atoms with Gasteiger partial charge >= 0.3 is 5.97 Å². The van der Waals surface area contributed by atoms with Crippen LogP contribution in [0.2, 0.25) is 0 Å². The number of ether oxygens (including phenoxy) is 1. The third-order valence-electron chi connectivity index (χ3n) is 10.3. The number of halogens is 4. The molecule has 11 heteroatoms. The minimum Gasteiger partial charge on any atom is -0.491 e. The van der Waals surface area contributed by atoms with Crippen LogP contribution in [0.5, 0.6) is 5.75 Å². The highest BCUT2D eigenvalue weighted by atomic mass is 35.5. The monoisotopic (exact) mass is 754 g/mol. The van der Waals surface area contributed by atoms with Crippen LogP contribution < -0.4 is 4.74 Å². The number of carboxylic acid groups (broad SMARTS) is 1. The molecular weight excluding hydrogens is 698 g/mol. The molecule has 4 atom stereocenters. The molecule has 1 aliphatic carbocycles. The number of nitrogens with zero attached hydrogens (tertiary/aromatic N) is 4. The molecule has 2 aromatic carbocycles. The number of likely N-dealkylation sites (N-methyl/N-ethyl adjacent to an activating group) is 1. The van der Waals surface area contributed by atoms with E-state index < -0.39 is 12.0 Å². The van der Waals surface area contributed by atoms with Crippen molar-refractivity contribution in [2.75, 3.05) is 26.7 Å². The Morgan fingerprint density at radius 2 is 1.70 bits per heavy atom. The van der Waals surface area contributed by atoms with E-state index in [-0.39, 0.29) is 61.1 Å². The van der Waals surface area contributed by atoms with Crippen LogP contribution in [0.3, 0.4) is 0 Å². The fraction of sp³-hybridized carbons (Fsp3) is 0.590. The predicted octanol–water partition coefficient (Wildman–Crippen LogP) is 8.86. The minimum atomic E-state index is -0.752. The van der Waals surface area contributed by atoms with E-state index in [1.165, 1.54) is 17.3 Å². The van der Waals surface area contributed by atoms with Gasteiger partial charge in [0.05, 0.1) is 11.8 Å². The van der Waals surface area contributed by atoms with E-state index in [9.17, 15) is 14.3 Å². The maximum atomic E-state index is 14.4. The number of likely N-dealkylation sites (tertiary alicyclic amines) is 1. The summed E-state index contributed by atoms with van der Waals surface area (Å²) in [5.41, 5.74) is 4.72. The molecule has 0 radical (unpaired) electrons. The molecule has 2 fully saturated rings. The van der Waals surface area contributed by atoms with Crippen molar-refractivity contribution in [3.05, 3.63) is 82.9 Å². The Hall–Kier alpha value is -2.36. The summed E-state index contributed by atoms with van der Waals surface area (Å²) in [5.74, 6) is 1.27. The van der Waals surface area contributed by atoms with Gasteiger partial charge in [-0.2, -0.15) is 5.10 Å². The lowest BCUT2D eigenvalue weighted by molar-refractivity contribution is -0.144. The van der Waals surface area contributed by atoms with Crippen LogP contribution in [-0.4, -0.2) is 75.5 Å². The van der Waals surface area contributed by atoms with Gasteiger partial charge in [0.2, 0.25) is 0 Å². The molecule has 1 aromatic heterocycles. The van der Waals surface area contributed by atoms with Crippen molar-refractivity contribution in [3.8, 4) is 5.75 Å². The summed E-state index contributed by atoms with van der Waals surface area (Å²) in [4.78, 5) is 16.9. The molecule has 3 aromatic rings. The second-order valence-corrected chi connectivity index (χ2v) is 14.6. The molecule has 0 spiro atoms. The summed E-state index contributed by atoms with van der Waals surface area (Å²) in [6, 6.07) is 17.4. The van der Waals surface area contributed by atoms with E-state index in [4.69, 9.17) is 9.84 Å². The molecule has 0 amide bonds. The third-order valence-corrected chi connectivity index (χ3v) is 10.3. The van der Waals surface area contributed by atoms with Gasteiger partial charge in [0.1, 0.15) is 17.6 Å². The molecular formula is C39H58Cl3FN4O3. The summed E-state index contributed by atoms with van der Waals surface area (Å²) in [6.45, 7) is 14.3. The second kappa shape index (κ2) is 20.0. The molecule has 3 unspecified atom stereocenters. The Kier molecular flexibility index (Phi) is 17.5. The quantitative estimate of drug-likeness (QED) is 0.177. The van der Waals surface area contributed by atoms with Crippen LogP contribution in [0.4, 0.5) is 4.39 Å². The maximum Gasteiger partial charge on any atom is 0.320 e. The number of aryl methyl sites for hydroxylation is 1. The highest BCUT2D eigenvalue weighted by Crippen LogP contribution is 2.43. The smallest absolute Gasteiger partial charge is 0.320 e. The van der Waals surface area contributed by atoms with Crippen LogP contribution in [0, 0.1) is 17.7 Å². The number of piperidine rings is 1. The third kappa shape index (κ3) is 11.3. The molecule has 5 rings (SSSR count). The first-order valence-electron chi connectivity index (χ1n) is 17.7. The molecule has 1 saturated carbocycles. The molecule has 50 heavy (non-hydrogen) atoms. The van der Waals surface area contributed by atoms with E-state index in [0.717, 1.165) is 75.3 Å². The summed E-state index contributed by atoms with van der Waals surface area (Å²) >= 11 is 0. The van der Waals surface area contributed by atoms with E-state index >= 15 is 0 Å². The first-order chi connectivity index (χ1) is 22.5. The van der Waals surface area contributed by atoms with Gasteiger partial charge in [-0.25, -0.2) is 4.39 Å². The van der Waals surface area contributed by atoms with Crippen molar-refractivity contribution in [2.45, 2.75) is 110 Å². The standard InChI is InChI=1S/C39H55FN4O3.3ClH/c1-7-44-37(23-33(41-44)20-28-11-13-35(14-12-28)47-27(4)5)29-15-17-43(18-16-29)25-31-22-34(42(6)38(39(45)46)19-26(2)3)24-36(31)30-9-8-10-32(40)21-30;;;/h8-14,21,23,26-27,29,31,34,36,38H,7,15-20,22,24-25H2,1-6H3,(H,45,46);3*1H/t31?,34?,36?,38-;;;/m1.../s1. The molecule has 1 aliphatic heterocycles. The average molecular weight is 756 g/mol. The van der Waals surface area contributed by atoms with Gasteiger partial charge in [-0.05, 0) is 132 Å². The summed E-state index contributed by atoms with van der Waals surface area (Å²) < 4.78 is 22.4. The van der Waals surface area contributed by atoms with Crippen LogP contribution in [0.15, 0.2) is 54.6 Å². The normalized spacial score (nSPS) is 20.3. The van der Waals surface area contributed by atoms with E-state index in [1.54, 1.807) is 6.07 Å². The lowest BCUT2D eigenvalue weighted by Crippen LogP contribution is -2.45. The number of carboxylic acids is 1. The molecule has 7 nitrogen and oxygen atoms in total. The summed E-state index contributed by atoms with van der Waals surface area (Å²) in [7, 11) is 1.98. The van der Waals surface area contributed by atoms with Gasteiger partial charge in [-0.1, -0.05) is 38.1 Å². The Balaban J connectivity index is 0.00000289. The molecule has 0 bridgehead atoms. The molecule has 280 valence electrons. The van der Waals surface area contributed by atoms with Crippen LogP contribution in [0.25, 0.3) is 0 Å². The average Bonchev–Trinajstić information content (AvgIpc) is 3.64. The number of hydrogen-bond donors (Lipinski definition) is 1. The van der Waals surface area contributed by atoms with Gasteiger partial charge in [-0.3, -0.25) is 14.4 Å². The van der Waals surface area contributed by atoms with Gasteiger partial charge in [0, 0.05) is 37.2 Å². The number of aromatic nitrogens is 2. The number of carbonyl (C=O) groups is 1. The van der Waals surface area contributed by atoms with E-state index in [2.05, 4.69) is 59.5 Å². The van der Waals surface area contributed by atoms with Crippen LogP contribution >= 0.6 is 37.2 Å². The number of benzene rings is 2. The molecule has 2 heterocycles. The minimum absolute atomic E-state index is 0. The first-order valence-corrected chi connectivity index (χ1v) is 17.7. The Morgan fingerprint density at radius 1 is 1.02 bits per heavy atom. The number of aliphatic carboxylic acids is 1. The zero-order valence-electron chi connectivity index (χ0n) is 30.5. The molecule has 1 saturated heterocycles. The van der Waals surface area contributed by atoms with Crippen molar-refractivity contribution in [3.63, 3.8) is 0 Å². The van der Waals surface area contributed by atoms with E-state index in [0.29, 0.717) is 24.2 Å². The van der Waals surface area contributed by atoms with Gasteiger partial charge in [-0.15, -0.1) is 37.2 Å². The van der Waals surface area contributed by atoms with Crippen molar-refractivity contribution < 1.29 is 19.0 Å². The van der Waals surface area contributed by atoms with Gasteiger partial charge in [0.25, 0.3) is 0 Å². The van der Waals surface area contributed by atoms with Crippen molar-refractivity contribution in [1.82, 2.24) is 19.6 Å². The summed E-state index contributed by atoms with van der Waals surface area (Å²) in [6.07, 6.45) is 5.55. The maximum absolute atomic E-state index is 14.4. The Morgan fingerprint density at radius 3 is 2.28 bits per heavy atom. The Labute approximate surface area is 317 Å². The van der Waals surface area contributed by atoms with Gasteiger partial charge < -0.3 is 14.7 Å². The zero-order chi connectivity index (χ0) is 33.7. The highest BCUT2D eigenvalue weighted by molar-refractivity contribution is 5.86. The zero-order valence-corrected chi connectivity index (χ0v) is 32.9. The van der Waals surface area contributed by atoms with Crippen molar-refractivity contribution >= 4 is 43.2 Å². The second-order valence-electron chi connectivity index (χ2n) is 14.6. The van der Waals surface area contributed by atoms with Gasteiger partial charge in [0.15, 0.2) is 0 Å². The SMILES string of the molecule is CCn1nc(Cc2ccc(OC(C)C)cc2)cc1C1CCN(CC2CC(N(C)[C@H](CC(C)C)C(=O)O)CC2c2cccc(F)c2)CC1.Cl.Cl.Cl. The first kappa shape index (κ1) is 43.8. The lowest BCUT2D eigenvalue weighted by atomic mass is 9.87. The van der Waals surface area contributed by atoms with Crippen LogP contribution in [0.1, 0.15) is 101 Å². The fourth-order valence-electron chi connectivity index (χ4n) is 7.98. The molecule has 1 N–H and O–H groups in total.